The first-order valence-corrected chi connectivity index (χ1v) is 10.9. The first-order valence-electron chi connectivity index (χ1n) is 10.0. The summed E-state index contributed by atoms with van der Waals surface area (Å²) in [5.41, 5.74) is 0.676. The van der Waals surface area contributed by atoms with Crippen LogP contribution in [0.3, 0.4) is 0 Å². The van der Waals surface area contributed by atoms with Crippen LogP contribution < -0.4 is 5.32 Å². The van der Waals surface area contributed by atoms with Gasteiger partial charge in [-0.25, -0.2) is 4.98 Å². The number of likely N-dealkylation sites (tertiary alicyclic amines) is 2. The Morgan fingerprint density at radius 3 is 2.48 bits per heavy atom. The summed E-state index contributed by atoms with van der Waals surface area (Å²) in [5, 5.41) is 6.54. The van der Waals surface area contributed by atoms with Crippen molar-refractivity contribution in [1.29, 1.82) is 0 Å². The normalized spacial score (nSPS) is 24.6. The molecular formula is C19H30N4OS. The van der Waals surface area contributed by atoms with Gasteiger partial charge in [-0.15, -0.1) is 11.3 Å². The van der Waals surface area contributed by atoms with Crippen LogP contribution in [0.2, 0.25) is 0 Å². The van der Waals surface area contributed by atoms with Crippen LogP contribution in [-0.4, -0.2) is 66.0 Å². The molecule has 138 valence electrons. The minimum absolute atomic E-state index is 0.147. The van der Waals surface area contributed by atoms with Gasteiger partial charge in [0.15, 0.2) is 0 Å². The molecule has 0 atom stereocenters. The maximum Gasteiger partial charge on any atom is 0.273 e. The average molecular weight is 363 g/mol. The van der Waals surface area contributed by atoms with E-state index >= 15 is 0 Å². The summed E-state index contributed by atoms with van der Waals surface area (Å²) in [6.07, 6.45) is 8.60. The Morgan fingerprint density at radius 2 is 1.76 bits per heavy atom. The van der Waals surface area contributed by atoms with Gasteiger partial charge in [0, 0.05) is 30.4 Å². The van der Waals surface area contributed by atoms with E-state index in [1.807, 2.05) is 10.3 Å². The van der Waals surface area contributed by atoms with E-state index in [4.69, 9.17) is 4.98 Å². The highest BCUT2D eigenvalue weighted by atomic mass is 32.1. The van der Waals surface area contributed by atoms with Gasteiger partial charge >= 0.3 is 0 Å². The number of nitrogens with one attached hydrogen (secondary N) is 1. The molecule has 6 heteroatoms. The quantitative estimate of drug-likeness (QED) is 0.898. The Bertz CT molecular complexity index is 570. The van der Waals surface area contributed by atoms with Crippen LogP contribution in [0.25, 0.3) is 0 Å². The molecule has 0 aromatic carbocycles. The second-order valence-electron chi connectivity index (χ2n) is 7.72. The van der Waals surface area contributed by atoms with E-state index < -0.39 is 0 Å². The van der Waals surface area contributed by atoms with Crippen LogP contribution in [0.1, 0.15) is 66.4 Å². The molecule has 3 aliphatic rings. The van der Waals surface area contributed by atoms with Crippen LogP contribution in [0.15, 0.2) is 5.38 Å². The molecule has 1 amide bonds. The van der Waals surface area contributed by atoms with E-state index in [0.29, 0.717) is 17.7 Å². The Kier molecular flexibility index (Phi) is 5.68. The third-order valence-corrected chi connectivity index (χ3v) is 7.10. The van der Waals surface area contributed by atoms with Gasteiger partial charge in [-0.2, -0.15) is 0 Å². The highest BCUT2D eigenvalue weighted by Crippen LogP contribution is 2.29. The Hall–Kier alpha value is -0.980. The number of hydrogen-bond donors (Lipinski definition) is 1. The molecule has 1 N–H and O–H groups in total. The first-order chi connectivity index (χ1) is 12.3. The number of rotatable bonds is 3. The molecule has 1 aromatic heterocycles. The molecule has 4 rings (SSSR count). The van der Waals surface area contributed by atoms with Crippen molar-refractivity contribution < 1.29 is 4.79 Å². The molecular weight excluding hydrogens is 332 g/mol. The molecule has 0 bridgehead atoms. The van der Waals surface area contributed by atoms with Gasteiger partial charge in [0.25, 0.3) is 5.91 Å². The summed E-state index contributed by atoms with van der Waals surface area (Å²) in [6, 6.07) is 0.685. The van der Waals surface area contributed by atoms with Crippen molar-refractivity contribution in [2.75, 3.05) is 39.3 Å². The fourth-order valence-electron chi connectivity index (χ4n) is 4.52. The molecule has 3 fully saturated rings. The van der Waals surface area contributed by atoms with Gasteiger partial charge in [-0.3, -0.25) is 4.79 Å². The minimum Gasteiger partial charge on any atom is -0.337 e. The standard InChI is InChI=1S/C19H30N4OS/c24-19(17-14-25-18(21-17)15-4-8-20-9-5-15)23-12-6-16(7-13-23)22-10-2-1-3-11-22/h14-16,20H,1-13H2. The summed E-state index contributed by atoms with van der Waals surface area (Å²) in [5.74, 6) is 0.686. The summed E-state index contributed by atoms with van der Waals surface area (Å²) >= 11 is 1.68. The summed E-state index contributed by atoms with van der Waals surface area (Å²) in [7, 11) is 0. The lowest BCUT2D eigenvalue weighted by atomic mass is 9.99. The predicted molar refractivity (Wildman–Crippen MR) is 101 cm³/mol. The number of hydrogen-bond acceptors (Lipinski definition) is 5. The molecule has 25 heavy (non-hydrogen) atoms. The van der Waals surface area contributed by atoms with Crippen molar-refractivity contribution >= 4 is 17.2 Å². The fraction of sp³-hybridized carbons (Fsp3) is 0.789. The zero-order valence-electron chi connectivity index (χ0n) is 15.1. The van der Waals surface area contributed by atoms with Crippen molar-refractivity contribution in [3.05, 3.63) is 16.1 Å². The van der Waals surface area contributed by atoms with Crippen molar-refractivity contribution in [3.63, 3.8) is 0 Å². The molecule has 0 spiro atoms. The number of carbonyl (C=O) groups excluding carboxylic acids is 1. The van der Waals surface area contributed by atoms with E-state index in [1.54, 1.807) is 11.3 Å². The highest BCUT2D eigenvalue weighted by molar-refractivity contribution is 7.09. The number of aromatic nitrogens is 1. The Morgan fingerprint density at radius 1 is 1.04 bits per heavy atom. The van der Waals surface area contributed by atoms with Gasteiger partial charge in [0.05, 0.1) is 5.01 Å². The minimum atomic E-state index is 0.147. The van der Waals surface area contributed by atoms with Crippen LogP contribution in [0.5, 0.6) is 0 Å². The maximum absolute atomic E-state index is 12.8. The Labute approximate surface area is 154 Å². The lowest BCUT2D eigenvalue weighted by Gasteiger charge is -2.40. The van der Waals surface area contributed by atoms with Crippen molar-refractivity contribution in [3.8, 4) is 0 Å². The second-order valence-corrected chi connectivity index (χ2v) is 8.60. The fourth-order valence-corrected chi connectivity index (χ4v) is 5.49. The van der Waals surface area contributed by atoms with Crippen molar-refractivity contribution in [2.24, 2.45) is 0 Å². The third kappa shape index (κ3) is 4.07. The molecule has 3 aliphatic heterocycles. The van der Waals surface area contributed by atoms with Crippen LogP contribution in [-0.2, 0) is 0 Å². The number of piperidine rings is 3. The van der Waals surface area contributed by atoms with Crippen LogP contribution >= 0.6 is 11.3 Å². The van der Waals surface area contributed by atoms with Gasteiger partial charge in [0.1, 0.15) is 5.69 Å². The molecule has 1 aromatic rings. The largest absolute Gasteiger partial charge is 0.337 e. The molecule has 4 heterocycles. The zero-order chi connectivity index (χ0) is 17.1. The lowest BCUT2D eigenvalue weighted by molar-refractivity contribution is 0.0585. The van der Waals surface area contributed by atoms with Crippen molar-refractivity contribution in [1.82, 2.24) is 20.1 Å². The summed E-state index contributed by atoms with van der Waals surface area (Å²) < 4.78 is 0. The van der Waals surface area contributed by atoms with Crippen LogP contribution in [0, 0.1) is 0 Å². The highest BCUT2D eigenvalue weighted by Gasteiger charge is 2.29. The van der Waals surface area contributed by atoms with Crippen molar-refractivity contribution in [2.45, 2.75) is 56.9 Å². The van der Waals surface area contributed by atoms with E-state index in [1.165, 1.54) is 32.4 Å². The number of nitrogens with zero attached hydrogens (tertiary/aromatic N) is 3. The average Bonchev–Trinajstić information content (AvgIpc) is 3.19. The molecule has 0 aliphatic carbocycles. The molecule has 0 unspecified atom stereocenters. The predicted octanol–water partition coefficient (Wildman–Crippen LogP) is 2.70. The zero-order valence-corrected chi connectivity index (χ0v) is 15.9. The second kappa shape index (κ2) is 8.14. The van der Waals surface area contributed by atoms with E-state index in [0.717, 1.165) is 56.9 Å². The molecule has 3 saturated heterocycles. The molecule has 0 saturated carbocycles. The van der Waals surface area contributed by atoms with Gasteiger partial charge < -0.3 is 15.1 Å². The molecule has 0 radical (unpaired) electrons. The first kappa shape index (κ1) is 17.4. The smallest absolute Gasteiger partial charge is 0.273 e. The van der Waals surface area contributed by atoms with Gasteiger partial charge in [-0.1, -0.05) is 6.42 Å². The summed E-state index contributed by atoms with van der Waals surface area (Å²) in [6.45, 7) is 6.42. The monoisotopic (exact) mass is 362 g/mol. The Balaban J connectivity index is 1.32. The van der Waals surface area contributed by atoms with Crippen LogP contribution in [0.4, 0.5) is 0 Å². The summed E-state index contributed by atoms with van der Waals surface area (Å²) in [4.78, 5) is 22.2. The van der Waals surface area contributed by atoms with E-state index in [-0.39, 0.29) is 5.91 Å². The van der Waals surface area contributed by atoms with Gasteiger partial charge in [-0.05, 0) is 64.7 Å². The lowest BCUT2D eigenvalue weighted by Crippen LogP contribution is -2.48. The third-order valence-electron chi connectivity index (χ3n) is 6.09. The van der Waals surface area contributed by atoms with Gasteiger partial charge in [0.2, 0.25) is 0 Å². The number of amides is 1. The van der Waals surface area contributed by atoms with E-state index in [2.05, 4.69) is 10.2 Å². The number of carbonyl (C=O) groups is 1. The topological polar surface area (TPSA) is 48.5 Å². The molecule has 5 nitrogen and oxygen atoms in total. The maximum atomic E-state index is 12.8. The van der Waals surface area contributed by atoms with E-state index in [9.17, 15) is 4.79 Å². The SMILES string of the molecule is O=C(c1csc(C2CCNCC2)n1)N1CCC(N2CCCCC2)CC1. The number of thiazole rings is 1.